The summed E-state index contributed by atoms with van der Waals surface area (Å²) in [5.74, 6) is 3.12. The quantitative estimate of drug-likeness (QED) is 0.0396. The Bertz CT molecular complexity index is 3090. The van der Waals surface area contributed by atoms with Crippen molar-refractivity contribution in [1.82, 2.24) is 19.9 Å². The molecule has 19 heteroatoms. The van der Waals surface area contributed by atoms with Gasteiger partial charge in [-0.05, 0) is 157 Å². The molecule has 0 N–H and O–H groups in total. The summed E-state index contributed by atoms with van der Waals surface area (Å²) in [6.07, 6.45) is 3.23. The van der Waals surface area contributed by atoms with Gasteiger partial charge >= 0.3 is 24.0 Å². The zero-order valence-corrected chi connectivity index (χ0v) is 43.8. The summed E-state index contributed by atoms with van der Waals surface area (Å²) < 4.78 is 54.0. The van der Waals surface area contributed by atoms with E-state index in [1.807, 2.05) is 26.0 Å². The molecule has 8 rings (SSSR count). The number of carbonyl (C=O) groups excluding carboxylic acids is 3. The van der Waals surface area contributed by atoms with E-state index in [2.05, 4.69) is 19.9 Å². The van der Waals surface area contributed by atoms with Gasteiger partial charge in [0.2, 0.25) is 11.8 Å². The van der Waals surface area contributed by atoms with Crippen molar-refractivity contribution in [3.63, 3.8) is 0 Å². The number of hydrogen-bond acceptors (Lipinski definition) is 17. The number of rotatable bonds is 20. The topological polar surface area (TPSA) is 199 Å². The highest BCUT2D eigenvalue weighted by Gasteiger charge is 2.18. The second-order valence-electron chi connectivity index (χ2n) is 16.1. The first-order valence-corrected chi connectivity index (χ1v) is 24.7. The fraction of sp³-hybridized carbons (Fsp3) is 0.268. The van der Waals surface area contributed by atoms with E-state index in [9.17, 15) is 14.4 Å². The Balaban J connectivity index is 0.000000183. The van der Waals surface area contributed by atoms with Crippen molar-refractivity contribution in [2.75, 3.05) is 19.8 Å². The van der Waals surface area contributed by atoms with Gasteiger partial charge < -0.3 is 47.0 Å². The number of esters is 3. The summed E-state index contributed by atoms with van der Waals surface area (Å²) in [6, 6.07) is 34.8. The minimum atomic E-state index is -0.687. The zero-order chi connectivity index (χ0) is 53.7. The molecule has 3 atom stereocenters. The molecule has 0 bridgehead atoms. The summed E-state index contributed by atoms with van der Waals surface area (Å²) in [4.78, 5) is 52.0. The SMILES string of the molecule is CCCCOC(=O)C(C)Oc1ccc(Oc2ccc(C)cn2)cc1.CCOC(=O)C(C)Oc1ccc(Oc2cnc3cc(Cl)ccc3n2)cc1.CCOC(=O)C(C)Oc1ccc(Oc2nc3ccc(Cl)cc3o2)cc1. The average molecular weight is 1060 g/mol. The lowest BCUT2D eigenvalue weighted by atomic mass is 10.3. The molecule has 0 aliphatic heterocycles. The molecule has 392 valence electrons. The van der Waals surface area contributed by atoms with E-state index in [0.717, 1.165) is 18.4 Å². The van der Waals surface area contributed by atoms with Crippen LogP contribution in [0, 0.1) is 6.92 Å². The Kier molecular flexibility index (Phi) is 21.2. The zero-order valence-electron chi connectivity index (χ0n) is 42.3. The number of unbranched alkanes of at least 4 members (excludes halogenated alkanes) is 1. The van der Waals surface area contributed by atoms with Gasteiger partial charge in [-0.1, -0.05) is 42.6 Å². The highest BCUT2D eigenvalue weighted by atomic mass is 35.5. The van der Waals surface area contributed by atoms with Crippen molar-refractivity contribution in [2.45, 2.75) is 79.6 Å². The molecule has 8 aromatic rings. The first-order chi connectivity index (χ1) is 36.2. The van der Waals surface area contributed by atoms with Crippen LogP contribution in [0.25, 0.3) is 22.1 Å². The third-order valence-electron chi connectivity index (χ3n) is 10.1. The summed E-state index contributed by atoms with van der Waals surface area (Å²) >= 11 is 11.8. The number of carbonyl (C=O) groups is 3. The number of aromatic nitrogens is 4. The van der Waals surface area contributed by atoms with E-state index >= 15 is 0 Å². The molecule has 0 spiro atoms. The number of oxazole rings is 1. The van der Waals surface area contributed by atoms with E-state index < -0.39 is 30.3 Å². The first-order valence-electron chi connectivity index (χ1n) is 23.9. The second kappa shape index (κ2) is 28.3. The third kappa shape index (κ3) is 18.1. The monoisotopic (exact) mass is 1060 g/mol. The summed E-state index contributed by atoms with van der Waals surface area (Å²) in [7, 11) is 0. The maximum atomic E-state index is 11.8. The number of halogens is 2. The van der Waals surface area contributed by atoms with Crippen molar-refractivity contribution in [3.05, 3.63) is 149 Å². The van der Waals surface area contributed by atoms with Crippen LogP contribution in [-0.2, 0) is 28.6 Å². The molecule has 0 aliphatic carbocycles. The summed E-state index contributed by atoms with van der Waals surface area (Å²) in [6.45, 7) is 13.5. The van der Waals surface area contributed by atoms with E-state index in [-0.39, 0.29) is 12.0 Å². The molecule has 17 nitrogen and oxygen atoms in total. The van der Waals surface area contributed by atoms with Gasteiger partial charge in [-0.3, -0.25) is 0 Å². The highest BCUT2D eigenvalue weighted by Crippen LogP contribution is 2.30. The van der Waals surface area contributed by atoms with E-state index in [0.29, 0.717) is 98.3 Å². The molecule has 0 saturated carbocycles. The summed E-state index contributed by atoms with van der Waals surface area (Å²) in [5.41, 5.74) is 3.66. The Hall–Kier alpha value is -8.15. The van der Waals surface area contributed by atoms with Gasteiger partial charge in [0.1, 0.15) is 40.0 Å². The molecule has 0 saturated heterocycles. The maximum absolute atomic E-state index is 11.8. The molecule has 0 fully saturated rings. The molecule has 3 heterocycles. The number of hydrogen-bond donors (Lipinski definition) is 0. The predicted octanol–water partition coefficient (Wildman–Crippen LogP) is 13.3. The van der Waals surface area contributed by atoms with Crippen molar-refractivity contribution < 1.29 is 61.4 Å². The molecular weight excluding hydrogens is 1010 g/mol. The van der Waals surface area contributed by atoms with E-state index in [1.165, 1.54) is 6.20 Å². The molecule has 0 aliphatic rings. The highest BCUT2D eigenvalue weighted by molar-refractivity contribution is 6.31. The van der Waals surface area contributed by atoms with Crippen LogP contribution in [-0.4, -0.2) is 76.0 Å². The van der Waals surface area contributed by atoms with Crippen LogP contribution in [0.5, 0.6) is 52.3 Å². The number of aryl methyl sites for hydroxylation is 1. The molecule has 3 aromatic heterocycles. The second-order valence-corrected chi connectivity index (χ2v) is 17.0. The third-order valence-corrected chi connectivity index (χ3v) is 10.5. The molecule has 0 radical (unpaired) electrons. The van der Waals surface area contributed by atoms with Crippen molar-refractivity contribution in [2.24, 2.45) is 0 Å². The average Bonchev–Trinajstić information content (AvgIpc) is 3.80. The minimum absolute atomic E-state index is 0.117. The Morgan fingerprint density at radius 1 is 0.507 bits per heavy atom. The van der Waals surface area contributed by atoms with Gasteiger partial charge in [-0.15, -0.1) is 0 Å². The van der Waals surface area contributed by atoms with Gasteiger partial charge in [-0.25, -0.2) is 29.3 Å². The van der Waals surface area contributed by atoms with E-state index in [1.54, 1.807) is 150 Å². The number of benzene rings is 5. The molecule has 75 heavy (non-hydrogen) atoms. The lowest BCUT2D eigenvalue weighted by Gasteiger charge is -2.14. The van der Waals surface area contributed by atoms with Crippen LogP contribution in [0.4, 0.5) is 0 Å². The van der Waals surface area contributed by atoms with Crippen LogP contribution in [0.1, 0.15) is 59.9 Å². The van der Waals surface area contributed by atoms with Crippen LogP contribution >= 0.6 is 23.2 Å². The summed E-state index contributed by atoms with van der Waals surface area (Å²) in [5, 5.41) is 1.17. The Morgan fingerprint density at radius 3 is 1.49 bits per heavy atom. The van der Waals surface area contributed by atoms with Crippen molar-refractivity contribution in [1.29, 1.82) is 0 Å². The number of nitrogens with zero attached hydrogens (tertiary/aromatic N) is 4. The van der Waals surface area contributed by atoms with Crippen molar-refractivity contribution >= 4 is 63.2 Å². The normalized spacial score (nSPS) is 11.8. The Morgan fingerprint density at radius 2 is 0.987 bits per heavy atom. The van der Waals surface area contributed by atoms with Crippen LogP contribution in [0.15, 0.2) is 138 Å². The van der Waals surface area contributed by atoms with Crippen LogP contribution < -0.4 is 28.4 Å². The smallest absolute Gasteiger partial charge is 0.400 e. The van der Waals surface area contributed by atoms with Crippen molar-refractivity contribution in [3.8, 4) is 52.3 Å². The first kappa shape index (κ1) is 56.2. The molecule has 3 unspecified atom stereocenters. The molecular formula is C56H56Cl2N4O13. The fourth-order valence-corrected chi connectivity index (χ4v) is 6.59. The van der Waals surface area contributed by atoms with Gasteiger partial charge in [0.05, 0.1) is 37.1 Å². The number of fused-ring (bicyclic) bond motifs is 2. The predicted molar refractivity (Wildman–Crippen MR) is 281 cm³/mol. The van der Waals surface area contributed by atoms with Gasteiger partial charge in [0.15, 0.2) is 23.9 Å². The maximum Gasteiger partial charge on any atom is 0.400 e. The minimum Gasteiger partial charge on any atom is -0.479 e. The lowest BCUT2D eigenvalue weighted by molar-refractivity contribution is -0.151. The number of ether oxygens (including phenoxy) is 9. The standard InChI is InChI=1S/C19H17ClN2O4.C19H23NO4.C18H16ClNO5/c1-3-24-19(23)12(2)25-14-5-7-15(8-6-14)26-18-11-21-17-10-13(20)4-9-16(17)22-18;1-4-5-12-22-19(21)15(3)23-16-7-9-17(10-8-16)24-18-11-6-14(2)13-20-18;1-3-22-17(21)11(2)23-13-5-7-14(8-6-13)24-18-20-15-9-4-12(19)10-16(15)25-18/h4-12H,3H2,1-2H3;6-11,13,15H,4-5,12H2,1-3H3;4-11H,3H2,1-2H3. The van der Waals surface area contributed by atoms with Crippen LogP contribution in [0.3, 0.4) is 0 Å². The molecule has 0 amide bonds. The largest absolute Gasteiger partial charge is 0.479 e. The van der Waals surface area contributed by atoms with E-state index in [4.69, 9.17) is 70.3 Å². The van der Waals surface area contributed by atoms with Crippen LogP contribution in [0.2, 0.25) is 10.0 Å². The number of pyridine rings is 1. The van der Waals surface area contributed by atoms with Gasteiger partial charge in [0, 0.05) is 28.4 Å². The Labute approximate surface area is 443 Å². The van der Waals surface area contributed by atoms with Gasteiger partial charge in [0.25, 0.3) is 0 Å². The van der Waals surface area contributed by atoms with Gasteiger partial charge in [-0.2, -0.15) is 4.98 Å². The lowest BCUT2D eigenvalue weighted by Crippen LogP contribution is -2.26. The molecule has 5 aromatic carbocycles. The fourth-order valence-electron chi connectivity index (χ4n) is 6.26.